The van der Waals surface area contributed by atoms with E-state index in [4.69, 9.17) is 5.11 Å². The van der Waals surface area contributed by atoms with E-state index < -0.39 is 12.0 Å². The van der Waals surface area contributed by atoms with Crippen LogP contribution in [0.3, 0.4) is 0 Å². The zero-order chi connectivity index (χ0) is 8.48. The molecule has 0 radical (unpaired) electrons. The zero-order valence-corrected chi connectivity index (χ0v) is 7.05. The molecule has 0 amide bonds. The largest absolute Gasteiger partial charge is 0.480 e. The lowest BCUT2D eigenvalue weighted by molar-refractivity contribution is -0.139. The molecule has 1 atom stereocenters. The summed E-state index contributed by atoms with van der Waals surface area (Å²) >= 11 is 0. The third kappa shape index (κ3) is 1.93. The summed E-state index contributed by atoms with van der Waals surface area (Å²) in [5.74, 6) is -0.766. The Bertz CT molecular complexity index is 163. The third-order valence-corrected chi connectivity index (χ3v) is 2.39. The molecule has 0 aromatic heterocycles. The lowest BCUT2D eigenvalue weighted by Crippen LogP contribution is -2.54. The van der Waals surface area contributed by atoms with E-state index in [-0.39, 0.29) is 5.54 Å². The lowest BCUT2D eigenvalue weighted by Gasteiger charge is -2.40. The van der Waals surface area contributed by atoms with Crippen LogP contribution in [0.4, 0.5) is 0 Å². The number of carboxylic acid groups (broad SMARTS) is 1. The molecular weight excluding hydrogens is 142 g/mol. The Labute approximate surface area is 66.8 Å². The first-order valence-electron chi connectivity index (χ1n) is 4.04. The first-order valence-corrected chi connectivity index (χ1v) is 4.04. The molecule has 1 aliphatic rings. The molecule has 1 fully saturated rings. The van der Waals surface area contributed by atoms with Gasteiger partial charge in [-0.25, -0.2) is 0 Å². The summed E-state index contributed by atoms with van der Waals surface area (Å²) in [5, 5.41) is 11.7. The third-order valence-electron chi connectivity index (χ3n) is 2.39. The summed E-state index contributed by atoms with van der Waals surface area (Å²) in [5.41, 5.74) is 0.0950. The maximum Gasteiger partial charge on any atom is 0.320 e. The minimum absolute atomic E-state index is 0.0950. The van der Waals surface area contributed by atoms with Gasteiger partial charge in [0.1, 0.15) is 6.04 Å². The van der Waals surface area contributed by atoms with Gasteiger partial charge in [0.15, 0.2) is 0 Å². The van der Waals surface area contributed by atoms with E-state index >= 15 is 0 Å². The van der Waals surface area contributed by atoms with Crippen LogP contribution in [0.1, 0.15) is 33.1 Å². The number of carboxylic acids is 1. The molecule has 1 rings (SSSR count). The van der Waals surface area contributed by atoms with Crippen molar-refractivity contribution >= 4 is 5.97 Å². The van der Waals surface area contributed by atoms with E-state index in [1.54, 1.807) is 6.92 Å². The summed E-state index contributed by atoms with van der Waals surface area (Å²) in [4.78, 5) is 10.5. The van der Waals surface area contributed by atoms with Crippen LogP contribution in [-0.2, 0) is 4.79 Å². The molecule has 0 saturated heterocycles. The molecule has 2 N–H and O–H groups in total. The zero-order valence-electron chi connectivity index (χ0n) is 7.05. The highest BCUT2D eigenvalue weighted by molar-refractivity contribution is 5.73. The molecule has 1 aliphatic carbocycles. The van der Waals surface area contributed by atoms with Crippen molar-refractivity contribution in [3.8, 4) is 0 Å². The van der Waals surface area contributed by atoms with Crippen molar-refractivity contribution in [1.29, 1.82) is 0 Å². The van der Waals surface area contributed by atoms with Gasteiger partial charge < -0.3 is 5.11 Å². The fourth-order valence-corrected chi connectivity index (χ4v) is 1.44. The highest BCUT2D eigenvalue weighted by Gasteiger charge is 2.33. The summed E-state index contributed by atoms with van der Waals surface area (Å²) < 4.78 is 0. The number of hydrogen-bond donors (Lipinski definition) is 2. The number of hydrogen-bond acceptors (Lipinski definition) is 2. The Balaban J connectivity index is 2.35. The first-order chi connectivity index (χ1) is 5.03. The van der Waals surface area contributed by atoms with E-state index in [1.807, 2.05) is 0 Å². The molecule has 1 saturated carbocycles. The van der Waals surface area contributed by atoms with Gasteiger partial charge in [-0.15, -0.1) is 0 Å². The molecule has 0 aromatic carbocycles. The van der Waals surface area contributed by atoms with E-state index in [2.05, 4.69) is 12.2 Å². The van der Waals surface area contributed by atoms with Crippen molar-refractivity contribution < 1.29 is 9.90 Å². The predicted molar refractivity (Wildman–Crippen MR) is 42.5 cm³/mol. The quantitative estimate of drug-likeness (QED) is 0.642. The Morgan fingerprint density at radius 2 is 2.18 bits per heavy atom. The van der Waals surface area contributed by atoms with Crippen LogP contribution in [0.5, 0.6) is 0 Å². The second-order valence-corrected chi connectivity index (χ2v) is 3.62. The maximum atomic E-state index is 10.5. The van der Waals surface area contributed by atoms with Crippen LogP contribution in [0.2, 0.25) is 0 Å². The van der Waals surface area contributed by atoms with Gasteiger partial charge >= 0.3 is 5.97 Å². The second-order valence-electron chi connectivity index (χ2n) is 3.62. The van der Waals surface area contributed by atoms with Crippen molar-refractivity contribution in [2.24, 2.45) is 0 Å². The van der Waals surface area contributed by atoms with Gasteiger partial charge in [0.05, 0.1) is 0 Å². The number of carbonyl (C=O) groups is 1. The Morgan fingerprint density at radius 3 is 2.45 bits per heavy atom. The number of aliphatic carboxylic acids is 1. The molecule has 0 spiro atoms. The van der Waals surface area contributed by atoms with Crippen LogP contribution in [0.25, 0.3) is 0 Å². The van der Waals surface area contributed by atoms with Gasteiger partial charge in [0, 0.05) is 5.54 Å². The summed E-state index contributed by atoms with van der Waals surface area (Å²) in [6, 6.07) is -0.416. The fourth-order valence-electron chi connectivity index (χ4n) is 1.44. The Hall–Kier alpha value is -0.570. The Kier molecular flexibility index (Phi) is 2.18. The minimum atomic E-state index is -0.766. The highest BCUT2D eigenvalue weighted by atomic mass is 16.4. The van der Waals surface area contributed by atoms with Gasteiger partial charge in [-0.1, -0.05) is 0 Å². The number of rotatable bonds is 3. The van der Waals surface area contributed by atoms with Gasteiger partial charge in [0.25, 0.3) is 0 Å². The maximum absolute atomic E-state index is 10.5. The SMILES string of the molecule is C[C@H](NC1(C)CCC1)C(=O)O. The van der Waals surface area contributed by atoms with Crippen LogP contribution in [0, 0.1) is 0 Å². The molecule has 0 aliphatic heterocycles. The fraction of sp³-hybridized carbons (Fsp3) is 0.875. The monoisotopic (exact) mass is 157 g/mol. The van der Waals surface area contributed by atoms with Gasteiger partial charge in [0.2, 0.25) is 0 Å². The minimum Gasteiger partial charge on any atom is -0.480 e. The lowest BCUT2D eigenvalue weighted by atomic mass is 9.78. The van der Waals surface area contributed by atoms with E-state index in [0.717, 1.165) is 12.8 Å². The van der Waals surface area contributed by atoms with Crippen molar-refractivity contribution in [1.82, 2.24) is 5.32 Å². The molecule has 3 nitrogen and oxygen atoms in total. The first kappa shape index (κ1) is 8.53. The summed E-state index contributed by atoms with van der Waals surface area (Å²) in [7, 11) is 0. The highest BCUT2D eigenvalue weighted by Crippen LogP contribution is 2.31. The molecule has 3 heteroatoms. The van der Waals surface area contributed by atoms with Crippen LogP contribution < -0.4 is 5.32 Å². The normalized spacial score (nSPS) is 23.8. The van der Waals surface area contributed by atoms with E-state index in [9.17, 15) is 4.79 Å². The van der Waals surface area contributed by atoms with Crippen LogP contribution in [-0.4, -0.2) is 22.7 Å². The van der Waals surface area contributed by atoms with Crippen LogP contribution in [0.15, 0.2) is 0 Å². The number of nitrogens with one attached hydrogen (secondary N) is 1. The molecular formula is C8H15NO2. The Morgan fingerprint density at radius 1 is 1.64 bits per heavy atom. The van der Waals surface area contributed by atoms with Gasteiger partial charge in [-0.05, 0) is 33.1 Å². The standard InChI is InChI=1S/C8H15NO2/c1-6(7(10)11)9-8(2)4-3-5-8/h6,9H,3-5H2,1-2H3,(H,10,11)/t6-/m0/s1. The van der Waals surface area contributed by atoms with Gasteiger partial charge in [-0.3, -0.25) is 10.1 Å². The topological polar surface area (TPSA) is 49.3 Å². The summed E-state index contributed by atoms with van der Waals surface area (Å²) in [6.07, 6.45) is 3.42. The molecule has 0 aromatic rings. The smallest absolute Gasteiger partial charge is 0.320 e. The average Bonchev–Trinajstić information content (AvgIpc) is 1.84. The second kappa shape index (κ2) is 2.81. The molecule has 11 heavy (non-hydrogen) atoms. The van der Waals surface area contributed by atoms with Crippen molar-refractivity contribution in [2.45, 2.75) is 44.7 Å². The van der Waals surface area contributed by atoms with Gasteiger partial charge in [-0.2, -0.15) is 0 Å². The van der Waals surface area contributed by atoms with E-state index in [0.29, 0.717) is 0 Å². The van der Waals surface area contributed by atoms with E-state index in [1.165, 1.54) is 6.42 Å². The van der Waals surface area contributed by atoms with Crippen LogP contribution >= 0.6 is 0 Å². The molecule has 0 unspecified atom stereocenters. The molecule has 0 heterocycles. The molecule has 0 bridgehead atoms. The predicted octanol–water partition coefficient (Wildman–Crippen LogP) is 0.992. The molecule has 64 valence electrons. The van der Waals surface area contributed by atoms with Crippen molar-refractivity contribution in [3.63, 3.8) is 0 Å². The van der Waals surface area contributed by atoms with Crippen molar-refractivity contribution in [3.05, 3.63) is 0 Å². The average molecular weight is 157 g/mol. The summed E-state index contributed by atoms with van der Waals surface area (Å²) in [6.45, 7) is 3.77. The van der Waals surface area contributed by atoms with Crippen molar-refractivity contribution in [2.75, 3.05) is 0 Å².